The predicted molar refractivity (Wildman–Crippen MR) is 115 cm³/mol. The van der Waals surface area contributed by atoms with E-state index in [2.05, 4.69) is 15.9 Å². The fraction of sp³-hybridized carbons (Fsp3) is 0.0455. The molecule has 0 unspecified atom stereocenters. The number of furan rings is 1. The first kappa shape index (κ1) is 20.3. The van der Waals surface area contributed by atoms with E-state index < -0.39 is 21.7 Å². The van der Waals surface area contributed by atoms with Crippen molar-refractivity contribution in [3.05, 3.63) is 88.3 Å². The van der Waals surface area contributed by atoms with Crippen molar-refractivity contribution in [3.8, 4) is 11.1 Å². The van der Waals surface area contributed by atoms with Gasteiger partial charge >= 0.3 is 5.91 Å². The first-order valence-electron chi connectivity index (χ1n) is 8.87. The Morgan fingerprint density at radius 1 is 1.00 bits per heavy atom. The van der Waals surface area contributed by atoms with Gasteiger partial charge in [0.25, 0.3) is 10.0 Å². The van der Waals surface area contributed by atoms with Gasteiger partial charge in [0.05, 0.1) is 10.3 Å². The molecule has 0 saturated heterocycles. The minimum absolute atomic E-state index is 0.0438. The molecule has 0 radical (unpaired) electrons. The predicted octanol–water partition coefficient (Wildman–Crippen LogP) is 5.43. The fourth-order valence-electron chi connectivity index (χ4n) is 3.20. The summed E-state index contributed by atoms with van der Waals surface area (Å²) >= 11 is 3.15. The quantitative estimate of drug-likeness (QED) is 0.416. The maximum absolute atomic E-state index is 14.1. The SMILES string of the molecule is Cc1ccccc1-c1ccccc1S(=O)(=O)NC(=O)c1cc2c(F)cc(Br)cc2o1. The van der Waals surface area contributed by atoms with E-state index >= 15 is 0 Å². The van der Waals surface area contributed by atoms with Gasteiger partial charge in [-0.05, 0) is 36.2 Å². The van der Waals surface area contributed by atoms with E-state index in [1.54, 1.807) is 18.2 Å². The van der Waals surface area contributed by atoms with Gasteiger partial charge in [0.1, 0.15) is 11.4 Å². The van der Waals surface area contributed by atoms with Gasteiger partial charge in [0.15, 0.2) is 5.76 Å². The van der Waals surface area contributed by atoms with Crippen LogP contribution < -0.4 is 4.72 Å². The second kappa shape index (κ2) is 7.70. The Balaban J connectivity index is 1.72. The minimum Gasteiger partial charge on any atom is -0.451 e. The maximum atomic E-state index is 14.1. The van der Waals surface area contributed by atoms with Crippen molar-refractivity contribution < 1.29 is 22.0 Å². The molecular weight excluding hydrogens is 473 g/mol. The lowest BCUT2D eigenvalue weighted by Crippen LogP contribution is -2.30. The molecule has 0 spiro atoms. The summed E-state index contributed by atoms with van der Waals surface area (Å²) in [6, 6.07) is 17.7. The summed E-state index contributed by atoms with van der Waals surface area (Å²) in [7, 11) is -4.22. The van der Waals surface area contributed by atoms with Crippen LogP contribution in [0, 0.1) is 12.7 Å². The molecule has 0 atom stereocenters. The fourth-order valence-corrected chi connectivity index (χ4v) is 4.79. The molecule has 0 fully saturated rings. The van der Waals surface area contributed by atoms with Crippen molar-refractivity contribution in [1.82, 2.24) is 4.72 Å². The Labute approximate surface area is 180 Å². The van der Waals surface area contributed by atoms with Gasteiger partial charge in [-0.2, -0.15) is 0 Å². The first-order chi connectivity index (χ1) is 14.3. The van der Waals surface area contributed by atoms with Crippen molar-refractivity contribution in [1.29, 1.82) is 0 Å². The number of sulfonamides is 1. The van der Waals surface area contributed by atoms with Crippen LogP contribution in [0.25, 0.3) is 22.1 Å². The molecule has 152 valence electrons. The Morgan fingerprint density at radius 3 is 2.40 bits per heavy atom. The van der Waals surface area contributed by atoms with Crippen LogP contribution in [0.5, 0.6) is 0 Å². The van der Waals surface area contributed by atoms with Crippen molar-refractivity contribution in [2.24, 2.45) is 0 Å². The average Bonchev–Trinajstić information content (AvgIpc) is 3.13. The highest BCUT2D eigenvalue weighted by molar-refractivity contribution is 9.10. The zero-order valence-corrected chi connectivity index (χ0v) is 18.1. The van der Waals surface area contributed by atoms with E-state index in [4.69, 9.17) is 4.42 Å². The van der Waals surface area contributed by atoms with E-state index in [-0.39, 0.29) is 21.6 Å². The maximum Gasteiger partial charge on any atom is 0.300 e. The summed E-state index contributed by atoms with van der Waals surface area (Å²) in [6.07, 6.45) is 0. The molecule has 1 aromatic heterocycles. The molecule has 0 bridgehead atoms. The molecule has 30 heavy (non-hydrogen) atoms. The number of carbonyl (C=O) groups excluding carboxylic acids is 1. The van der Waals surface area contributed by atoms with Crippen LogP contribution in [-0.2, 0) is 10.0 Å². The summed E-state index contributed by atoms with van der Waals surface area (Å²) in [5.74, 6) is -1.88. The molecule has 0 aliphatic rings. The average molecular weight is 488 g/mol. The van der Waals surface area contributed by atoms with Crippen LogP contribution in [0.1, 0.15) is 16.1 Å². The molecule has 0 saturated carbocycles. The number of aryl methyl sites for hydroxylation is 1. The van der Waals surface area contributed by atoms with Gasteiger partial charge < -0.3 is 4.42 Å². The van der Waals surface area contributed by atoms with Crippen LogP contribution in [0.2, 0.25) is 0 Å². The zero-order valence-electron chi connectivity index (χ0n) is 15.6. The number of hydrogen-bond donors (Lipinski definition) is 1. The number of fused-ring (bicyclic) bond motifs is 1. The van der Waals surface area contributed by atoms with E-state index in [1.165, 1.54) is 24.3 Å². The van der Waals surface area contributed by atoms with Gasteiger partial charge in [-0.25, -0.2) is 17.5 Å². The molecule has 0 aliphatic carbocycles. The lowest BCUT2D eigenvalue weighted by molar-refractivity contribution is 0.0956. The van der Waals surface area contributed by atoms with Crippen molar-refractivity contribution in [2.75, 3.05) is 0 Å². The van der Waals surface area contributed by atoms with Gasteiger partial charge in [-0.3, -0.25) is 4.79 Å². The molecule has 1 N–H and O–H groups in total. The third-order valence-corrected chi connectivity index (χ3v) is 6.46. The third kappa shape index (κ3) is 3.76. The monoisotopic (exact) mass is 487 g/mol. The number of hydrogen-bond acceptors (Lipinski definition) is 4. The number of benzene rings is 3. The van der Waals surface area contributed by atoms with Crippen molar-refractivity contribution >= 4 is 42.8 Å². The number of carbonyl (C=O) groups is 1. The number of nitrogens with one attached hydrogen (secondary N) is 1. The van der Waals surface area contributed by atoms with Crippen LogP contribution in [-0.4, -0.2) is 14.3 Å². The Bertz CT molecular complexity index is 1400. The van der Waals surface area contributed by atoms with Gasteiger partial charge in [0.2, 0.25) is 0 Å². The standard InChI is InChI=1S/C22H15BrFNO4S/c1-13-6-2-3-7-15(13)16-8-4-5-9-21(16)30(27,28)25-22(26)20-12-17-18(24)10-14(23)11-19(17)29-20/h2-12H,1H3,(H,25,26). The third-order valence-electron chi connectivity index (χ3n) is 4.61. The van der Waals surface area contributed by atoms with Crippen molar-refractivity contribution in [3.63, 3.8) is 0 Å². The largest absolute Gasteiger partial charge is 0.451 e. The van der Waals surface area contributed by atoms with E-state index in [1.807, 2.05) is 35.9 Å². The Morgan fingerprint density at radius 2 is 1.67 bits per heavy atom. The molecule has 1 heterocycles. The second-order valence-electron chi connectivity index (χ2n) is 6.66. The Hall–Kier alpha value is -2.97. The van der Waals surface area contributed by atoms with Gasteiger partial charge in [0, 0.05) is 16.1 Å². The molecule has 3 aromatic carbocycles. The topological polar surface area (TPSA) is 76.4 Å². The lowest BCUT2D eigenvalue weighted by atomic mass is 10.0. The van der Waals surface area contributed by atoms with Crippen LogP contribution in [0.15, 0.2) is 80.5 Å². The molecule has 0 aliphatic heterocycles. The van der Waals surface area contributed by atoms with Crippen molar-refractivity contribution in [2.45, 2.75) is 11.8 Å². The van der Waals surface area contributed by atoms with Crippen LogP contribution in [0.4, 0.5) is 4.39 Å². The van der Waals surface area contributed by atoms with E-state index in [9.17, 15) is 17.6 Å². The van der Waals surface area contributed by atoms with Crippen LogP contribution in [0.3, 0.4) is 0 Å². The second-order valence-corrected chi connectivity index (χ2v) is 9.22. The summed E-state index contributed by atoms with van der Waals surface area (Å²) < 4.78 is 47.9. The highest BCUT2D eigenvalue weighted by Gasteiger charge is 2.25. The highest BCUT2D eigenvalue weighted by Crippen LogP contribution is 2.30. The molecule has 8 heteroatoms. The summed E-state index contributed by atoms with van der Waals surface area (Å²) in [5.41, 5.74) is 2.23. The highest BCUT2D eigenvalue weighted by atomic mass is 79.9. The Kier molecular flexibility index (Phi) is 5.21. The molecular formula is C22H15BrFNO4S. The normalized spacial score (nSPS) is 11.6. The molecule has 4 rings (SSSR count). The van der Waals surface area contributed by atoms with E-state index in [0.29, 0.717) is 10.0 Å². The smallest absolute Gasteiger partial charge is 0.300 e. The van der Waals surface area contributed by atoms with Crippen LogP contribution >= 0.6 is 15.9 Å². The zero-order chi connectivity index (χ0) is 21.5. The number of rotatable bonds is 4. The summed E-state index contributed by atoms with van der Waals surface area (Å²) in [4.78, 5) is 12.6. The molecule has 4 aromatic rings. The lowest BCUT2D eigenvalue weighted by Gasteiger charge is -2.12. The van der Waals surface area contributed by atoms with Gasteiger partial charge in [-0.15, -0.1) is 0 Å². The minimum atomic E-state index is -4.22. The number of halogens is 2. The molecule has 1 amide bonds. The molecule has 5 nitrogen and oxygen atoms in total. The summed E-state index contributed by atoms with van der Waals surface area (Å²) in [6.45, 7) is 1.87. The van der Waals surface area contributed by atoms with Gasteiger partial charge in [-0.1, -0.05) is 58.4 Å². The van der Waals surface area contributed by atoms with E-state index in [0.717, 1.165) is 11.1 Å². The summed E-state index contributed by atoms with van der Waals surface area (Å²) in [5, 5.41) is 0.0843. The number of amides is 1. The first-order valence-corrected chi connectivity index (χ1v) is 11.1.